The van der Waals surface area contributed by atoms with Gasteiger partial charge < -0.3 is 10.2 Å². The van der Waals surface area contributed by atoms with E-state index >= 15 is 0 Å². The number of hydrogen-bond donors (Lipinski definition) is 2. The predicted molar refractivity (Wildman–Crippen MR) is 84.0 cm³/mol. The highest BCUT2D eigenvalue weighted by Crippen LogP contribution is 2.82. The topological polar surface area (TPSA) is 57.5 Å². The Morgan fingerprint density at radius 2 is 1.05 bits per heavy atom. The zero-order valence-electron chi connectivity index (χ0n) is 9.33. The molecule has 0 saturated heterocycles. The fraction of sp³-hybridized carbons (Fsp3) is 0.500. The molecular weight excluding hydrogens is 452 g/mol. The molecule has 3 nitrogen and oxygen atoms in total. The van der Waals surface area contributed by atoms with E-state index in [1.54, 1.807) is 0 Å². The summed E-state index contributed by atoms with van der Waals surface area (Å²) < 4.78 is 0. The minimum absolute atomic E-state index is 0.477. The standard InChI is InChI=1S/C10H2Cl8O3/c11-1-2(12)6(15)7(16)3(13)4(14)8(17,10(7,20)21)9(6,18)5(1)19/h20-21H/t6-,7+,8+,9-/m0/s1. The van der Waals surface area contributed by atoms with Crippen molar-refractivity contribution in [3.63, 3.8) is 0 Å². The number of alkyl halides is 4. The van der Waals surface area contributed by atoms with Gasteiger partial charge >= 0.3 is 0 Å². The van der Waals surface area contributed by atoms with E-state index in [1.807, 2.05) is 0 Å². The van der Waals surface area contributed by atoms with Crippen molar-refractivity contribution in [3.8, 4) is 0 Å². The average molecular weight is 454 g/mol. The maximum absolute atomic E-state index is 12.4. The molecule has 116 valence electrons. The number of fused-ring (bicyclic) bond motifs is 5. The van der Waals surface area contributed by atoms with Gasteiger partial charge in [-0.2, -0.15) is 0 Å². The van der Waals surface area contributed by atoms with Crippen molar-refractivity contribution in [2.45, 2.75) is 25.3 Å². The third-order valence-corrected chi connectivity index (χ3v) is 9.71. The number of halogens is 8. The second-order valence-electron chi connectivity index (χ2n) is 4.89. The van der Waals surface area contributed by atoms with Gasteiger partial charge in [0.2, 0.25) is 11.6 Å². The number of carbonyl (C=O) groups excluding carboxylic acids is 1. The fourth-order valence-corrected chi connectivity index (χ4v) is 7.18. The molecular formula is C10H2Cl8O3. The Kier molecular flexibility index (Phi) is 3.39. The lowest BCUT2D eigenvalue weighted by Gasteiger charge is -2.43. The van der Waals surface area contributed by atoms with Gasteiger partial charge in [0.05, 0.1) is 15.1 Å². The van der Waals surface area contributed by atoms with E-state index in [4.69, 9.17) is 92.8 Å². The lowest BCUT2D eigenvalue weighted by molar-refractivity contribution is -0.175. The number of ketones is 1. The maximum Gasteiger partial charge on any atom is 0.217 e. The summed E-state index contributed by atoms with van der Waals surface area (Å²) in [4.78, 5) is 2.70. The van der Waals surface area contributed by atoms with Gasteiger partial charge in [0.15, 0.2) is 14.6 Å². The van der Waals surface area contributed by atoms with Crippen LogP contribution in [0.15, 0.2) is 20.1 Å². The smallest absolute Gasteiger partial charge is 0.217 e. The van der Waals surface area contributed by atoms with E-state index < -0.39 is 51.2 Å². The predicted octanol–water partition coefficient (Wildman–Crippen LogP) is 3.57. The van der Waals surface area contributed by atoms with Gasteiger partial charge in [0.1, 0.15) is 9.91 Å². The first kappa shape index (κ1) is 17.2. The molecule has 3 rings (SSSR count). The van der Waals surface area contributed by atoms with E-state index in [1.165, 1.54) is 0 Å². The molecule has 0 radical (unpaired) electrons. The van der Waals surface area contributed by atoms with Gasteiger partial charge in [-0.3, -0.25) is 4.79 Å². The molecule has 0 aromatic carbocycles. The zero-order chi connectivity index (χ0) is 16.4. The third kappa shape index (κ3) is 1.18. The van der Waals surface area contributed by atoms with Crippen LogP contribution in [0.25, 0.3) is 0 Å². The lowest BCUT2D eigenvalue weighted by Crippen LogP contribution is -2.61. The molecule has 0 aromatic rings. The zero-order valence-corrected chi connectivity index (χ0v) is 15.4. The summed E-state index contributed by atoms with van der Waals surface area (Å²) in [7, 11) is 0. The van der Waals surface area contributed by atoms with Crippen LogP contribution >= 0.6 is 92.8 Å². The maximum atomic E-state index is 12.4. The second kappa shape index (κ2) is 4.13. The molecule has 3 aliphatic carbocycles. The summed E-state index contributed by atoms with van der Waals surface area (Å²) in [6, 6.07) is 0. The summed E-state index contributed by atoms with van der Waals surface area (Å²) >= 11 is 49.0. The highest BCUT2D eigenvalue weighted by molar-refractivity contribution is 6.70. The fourth-order valence-electron chi connectivity index (χ4n) is 3.12. The molecule has 0 spiro atoms. The molecule has 2 bridgehead atoms. The molecule has 1 saturated carbocycles. The van der Waals surface area contributed by atoms with Crippen LogP contribution in [-0.4, -0.2) is 41.3 Å². The highest BCUT2D eigenvalue weighted by Gasteiger charge is 2.98. The molecule has 0 aromatic heterocycles. The van der Waals surface area contributed by atoms with Crippen molar-refractivity contribution in [2.24, 2.45) is 0 Å². The Labute approximate surface area is 158 Å². The third-order valence-electron chi connectivity index (χ3n) is 4.19. The highest BCUT2D eigenvalue weighted by atomic mass is 35.5. The molecule has 2 N–H and O–H groups in total. The first-order valence-corrected chi connectivity index (χ1v) is 8.19. The molecule has 1 fully saturated rings. The monoisotopic (exact) mass is 450 g/mol. The van der Waals surface area contributed by atoms with Crippen LogP contribution in [0, 0.1) is 0 Å². The van der Waals surface area contributed by atoms with Crippen LogP contribution in [-0.2, 0) is 4.79 Å². The van der Waals surface area contributed by atoms with Crippen molar-refractivity contribution < 1.29 is 15.0 Å². The van der Waals surface area contributed by atoms with Crippen molar-refractivity contribution in [1.29, 1.82) is 0 Å². The van der Waals surface area contributed by atoms with Crippen molar-refractivity contribution in [3.05, 3.63) is 20.1 Å². The number of allylic oxidation sites excluding steroid dienone is 2. The molecule has 3 aliphatic rings. The summed E-state index contributed by atoms with van der Waals surface area (Å²) in [5.41, 5.74) is 0. The van der Waals surface area contributed by atoms with Crippen molar-refractivity contribution in [1.82, 2.24) is 0 Å². The normalized spacial score (nSPS) is 51.2. The summed E-state index contributed by atoms with van der Waals surface area (Å²) in [5.74, 6) is -4.09. The molecule has 21 heavy (non-hydrogen) atoms. The van der Waals surface area contributed by atoms with Gasteiger partial charge in [-0.1, -0.05) is 46.4 Å². The summed E-state index contributed by atoms with van der Waals surface area (Å²) in [6.45, 7) is 0. The minimum Gasteiger partial charge on any atom is -0.362 e. The first-order valence-electron chi connectivity index (χ1n) is 5.16. The quantitative estimate of drug-likeness (QED) is 0.435. The molecule has 0 aliphatic heterocycles. The number of hydrogen-bond acceptors (Lipinski definition) is 3. The van der Waals surface area contributed by atoms with Gasteiger partial charge in [-0.25, -0.2) is 0 Å². The molecule has 0 amide bonds. The number of carbonyl (C=O) groups is 1. The van der Waals surface area contributed by atoms with Crippen LogP contribution in [0.1, 0.15) is 0 Å². The van der Waals surface area contributed by atoms with Gasteiger partial charge in [0, 0.05) is 0 Å². The van der Waals surface area contributed by atoms with Crippen LogP contribution < -0.4 is 0 Å². The Balaban J connectivity index is 2.55. The SMILES string of the molecule is O=C1C(Cl)=C(Cl)[C@@]2(Cl)[C@]1(Cl)[C@]1(Cl)C(Cl)=C(Cl)[C@]2(Cl)C1(O)O. The average Bonchev–Trinajstić information content (AvgIpc) is 2.67. The molecule has 4 atom stereocenters. The Hall–Kier alpha value is 1.39. The Morgan fingerprint density at radius 3 is 1.48 bits per heavy atom. The second-order valence-corrected chi connectivity index (χ2v) is 8.67. The molecule has 0 unspecified atom stereocenters. The van der Waals surface area contributed by atoms with E-state index in [9.17, 15) is 15.0 Å². The van der Waals surface area contributed by atoms with E-state index in [0.717, 1.165) is 0 Å². The first-order chi connectivity index (χ1) is 9.29. The van der Waals surface area contributed by atoms with Crippen LogP contribution in [0.3, 0.4) is 0 Å². The van der Waals surface area contributed by atoms with Gasteiger partial charge in [0.25, 0.3) is 0 Å². The Bertz CT molecular complexity index is 686. The lowest BCUT2D eigenvalue weighted by atomic mass is 9.82. The summed E-state index contributed by atoms with van der Waals surface area (Å²) in [6.07, 6.45) is 0. The summed E-state index contributed by atoms with van der Waals surface area (Å²) in [5, 5.41) is 18.9. The number of aliphatic hydroxyl groups is 2. The van der Waals surface area contributed by atoms with Crippen LogP contribution in [0.2, 0.25) is 0 Å². The molecule has 11 heteroatoms. The van der Waals surface area contributed by atoms with Gasteiger partial charge in [-0.05, 0) is 0 Å². The van der Waals surface area contributed by atoms with E-state index in [2.05, 4.69) is 0 Å². The van der Waals surface area contributed by atoms with Crippen molar-refractivity contribution in [2.75, 3.05) is 0 Å². The van der Waals surface area contributed by atoms with Crippen molar-refractivity contribution >= 4 is 98.6 Å². The van der Waals surface area contributed by atoms with Crippen LogP contribution in [0.5, 0.6) is 0 Å². The largest absolute Gasteiger partial charge is 0.362 e. The number of rotatable bonds is 0. The molecule has 0 heterocycles. The van der Waals surface area contributed by atoms with E-state index in [-0.39, 0.29) is 0 Å². The van der Waals surface area contributed by atoms with Crippen LogP contribution in [0.4, 0.5) is 0 Å². The van der Waals surface area contributed by atoms with E-state index in [0.29, 0.717) is 0 Å². The van der Waals surface area contributed by atoms with Gasteiger partial charge in [-0.15, -0.1) is 46.4 Å². The minimum atomic E-state index is -3.06. The number of Topliss-reactive ketones (excluding diaryl/α,β-unsaturated/α-hetero) is 1. The Morgan fingerprint density at radius 1 is 0.667 bits per heavy atom.